The van der Waals surface area contributed by atoms with Gasteiger partial charge in [-0.2, -0.15) is 0 Å². The van der Waals surface area contributed by atoms with Crippen LogP contribution >= 0.6 is 15.9 Å². The monoisotopic (exact) mass is 505 g/mol. The Morgan fingerprint density at radius 1 is 1.00 bits per heavy atom. The molecule has 3 aromatic rings. The molecule has 2 aromatic carbocycles. The molecule has 0 spiro atoms. The first-order chi connectivity index (χ1) is 14.8. The van der Waals surface area contributed by atoms with Crippen LogP contribution in [0.25, 0.3) is 10.8 Å². The number of benzene rings is 2. The van der Waals surface area contributed by atoms with Crippen LogP contribution in [0.3, 0.4) is 0 Å². The van der Waals surface area contributed by atoms with E-state index in [1.165, 1.54) is 23.2 Å². The standard InChI is InChI=1S/C21H20BrN3O5S/c22-16-6-7-18-19(12-16)15(13-23-8-10-24(11-9-23)21(27)28)14-25(20(18)26)31(29,30)17-4-2-1-3-5-17/h1-7,12,14H,8-11,13H2,(H,27,28). The SMILES string of the molecule is O=C(O)N1CCN(Cc2cn(S(=O)(=O)c3ccccc3)c(=O)c3ccc(Br)cc23)CC1. The van der Waals surface area contributed by atoms with Crippen molar-refractivity contribution in [2.24, 2.45) is 0 Å². The number of carboxylic acid groups (broad SMARTS) is 1. The number of aromatic nitrogens is 1. The Morgan fingerprint density at radius 3 is 2.32 bits per heavy atom. The van der Waals surface area contributed by atoms with E-state index in [0.717, 1.165) is 8.45 Å². The average molecular weight is 506 g/mol. The lowest BCUT2D eigenvalue weighted by molar-refractivity contribution is 0.103. The van der Waals surface area contributed by atoms with Gasteiger partial charge in [-0.25, -0.2) is 17.2 Å². The van der Waals surface area contributed by atoms with Crippen molar-refractivity contribution >= 4 is 42.8 Å². The summed E-state index contributed by atoms with van der Waals surface area (Å²) >= 11 is 3.42. The number of nitrogens with zero attached hydrogens (tertiary/aromatic N) is 3. The molecule has 0 saturated carbocycles. The van der Waals surface area contributed by atoms with Gasteiger partial charge in [-0.15, -0.1) is 0 Å². The van der Waals surface area contributed by atoms with Crippen LogP contribution in [0.5, 0.6) is 0 Å². The number of fused-ring (bicyclic) bond motifs is 1. The molecule has 10 heteroatoms. The lowest BCUT2D eigenvalue weighted by Gasteiger charge is -2.33. The summed E-state index contributed by atoms with van der Waals surface area (Å²) in [5, 5.41) is 10.1. The molecule has 1 fully saturated rings. The van der Waals surface area contributed by atoms with Crippen LogP contribution in [-0.2, 0) is 16.6 Å². The Kier molecular flexibility index (Phi) is 5.87. The number of hydrogen-bond donors (Lipinski definition) is 1. The Labute approximate surface area is 187 Å². The largest absolute Gasteiger partial charge is 0.465 e. The van der Waals surface area contributed by atoms with Crippen LogP contribution in [0.2, 0.25) is 0 Å². The number of carbonyl (C=O) groups is 1. The maximum absolute atomic E-state index is 13.2. The summed E-state index contributed by atoms with van der Waals surface area (Å²) in [6.07, 6.45) is 0.444. The Morgan fingerprint density at radius 2 is 1.68 bits per heavy atom. The highest BCUT2D eigenvalue weighted by Crippen LogP contribution is 2.24. The molecule has 2 heterocycles. The van der Waals surface area contributed by atoms with Gasteiger partial charge in [0.15, 0.2) is 0 Å². The number of piperazine rings is 1. The molecule has 1 aromatic heterocycles. The highest BCUT2D eigenvalue weighted by molar-refractivity contribution is 9.10. The second-order valence-corrected chi connectivity index (χ2v) is 10.0. The third-order valence-electron chi connectivity index (χ3n) is 5.37. The molecule has 1 aliphatic rings. The minimum atomic E-state index is -4.07. The quantitative estimate of drug-likeness (QED) is 0.585. The number of hydrogen-bond acceptors (Lipinski definition) is 5. The number of halogens is 1. The normalized spacial score (nSPS) is 15.3. The van der Waals surface area contributed by atoms with Crippen molar-refractivity contribution in [1.29, 1.82) is 0 Å². The van der Waals surface area contributed by atoms with Crippen LogP contribution < -0.4 is 5.56 Å². The number of pyridine rings is 1. The van der Waals surface area contributed by atoms with Crippen molar-refractivity contribution in [3.8, 4) is 0 Å². The van der Waals surface area contributed by atoms with Crippen molar-refractivity contribution < 1.29 is 18.3 Å². The molecule has 0 aliphatic carbocycles. The van der Waals surface area contributed by atoms with Crippen molar-refractivity contribution in [2.75, 3.05) is 26.2 Å². The summed E-state index contributed by atoms with van der Waals surface area (Å²) in [7, 11) is -4.07. The van der Waals surface area contributed by atoms with Crippen LogP contribution in [0.1, 0.15) is 5.56 Å². The van der Waals surface area contributed by atoms with Gasteiger partial charge in [0.25, 0.3) is 15.6 Å². The van der Waals surface area contributed by atoms with E-state index in [1.807, 2.05) is 0 Å². The van der Waals surface area contributed by atoms with Crippen LogP contribution in [0.4, 0.5) is 4.79 Å². The highest BCUT2D eigenvalue weighted by Gasteiger charge is 2.24. The summed E-state index contributed by atoms with van der Waals surface area (Å²) in [5.74, 6) is 0. The summed E-state index contributed by atoms with van der Waals surface area (Å²) in [6, 6.07) is 13.0. The minimum Gasteiger partial charge on any atom is -0.465 e. The molecular weight excluding hydrogens is 486 g/mol. The van der Waals surface area contributed by atoms with Crippen molar-refractivity contribution in [3.63, 3.8) is 0 Å². The highest BCUT2D eigenvalue weighted by atomic mass is 79.9. The van der Waals surface area contributed by atoms with Gasteiger partial charge in [0.2, 0.25) is 0 Å². The van der Waals surface area contributed by atoms with Crippen molar-refractivity contribution in [3.05, 3.63) is 75.1 Å². The maximum Gasteiger partial charge on any atom is 0.407 e. The number of rotatable bonds is 4. The molecule has 1 saturated heterocycles. The fourth-order valence-corrected chi connectivity index (χ4v) is 5.38. The second kappa shape index (κ2) is 8.45. The first kappa shape index (κ1) is 21.5. The maximum atomic E-state index is 13.2. The zero-order valence-electron chi connectivity index (χ0n) is 16.4. The first-order valence-corrected chi connectivity index (χ1v) is 11.9. The molecule has 0 unspecified atom stereocenters. The van der Waals surface area contributed by atoms with Gasteiger partial charge < -0.3 is 10.0 Å². The molecule has 162 valence electrons. The third-order valence-corrected chi connectivity index (χ3v) is 7.52. The summed E-state index contributed by atoms with van der Waals surface area (Å²) in [4.78, 5) is 27.7. The van der Waals surface area contributed by atoms with Crippen LogP contribution in [-0.4, -0.2) is 59.6 Å². The lowest BCUT2D eigenvalue weighted by Crippen LogP contribution is -2.47. The second-order valence-electron chi connectivity index (χ2n) is 7.31. The van der Waals surface area contributed by atoms with Gasteiger partial charge >= 0.3 is 6.09 Å². The van der Waals surface area contributed by atoms with E-state index in [2.05, 4.69) is 20.8 Å². The van der Waals surface area contributed by atoms with E-state index < -0.39 is 21.7 Å². The van der Waals surface area contributed by atoms with Crippen molar-refractivity contribution in [1.82, 2.24) is 13.8 Å². The van der Waals surface area contributed by atoms with Gasteiger partial charge in [0.05, 0.1) is 4.90 Å². The average Bonchev–Trinajstić information content (AvgIpc) is 2.76. The van der Waals surface area contributed by atoms with E-state index in [4.69, 9.17) is 5.11 Å². The lowest BCUT2D eigenvalue weighted by atomic mass is 10.1. The molecule has 0 bridgehead atoms. The van der Waals surface area contributed by atoms with E-state index in [-0.39, 0.29) is 4.90 Å². The van der Waals surface area contributed by atoms with Gasteiger partial charge in [0, 0.05) is 48.8 Å². The summed E-state index contributed by atoms with van der Waals surface area (Å²) in [5.41, 5.74) is 0.0741. The fraction of sp³-hybridized carbons (Fsp3) is 0.238. The zero-order valence-corrected chi connectivity index (χ0v) is 18.8. The third kappa shape index (κ3) is 4.23. The van der Waals surface area contributed by atoms with Gasteiger partial charge in [-0.3, -0.25) is 9.69 Å². The Hall–Kier alpha value is -2.69. The Balaban J connectivity index is 1.80. The van der Waals surface area contributed by atoms with Crippen LogP contribution in [0.15, 0.2) is 68.9 Å². The minimum absolute atomic E-state index is 0.0367. The van der Waals surface area contributed by atoms with Gasteiger partial charge in [-0.05, 0) is 41.3 Å². The Bertz CT molecular complexity index is 1300. The zero-order chi connectivity index (χ0) is 22.2. The molecule has 1 amide bonds. The first-order valence-electron chi connectivity index (χ1n) is 9.62. The smallest absolute Gasteiger partial charge is 0.407 e. The van der Waals surface area contributed by atoms with Crippen molar-refractivity contribution in [2.45, 2.75) is 11.4 Å². The topological polar surface area (TPSA) is 99.9 Å². The molecule has 1 aliphatic heterocycles. The molecule has 4 rings (SSSR count). The molecule has 0 atom stereocenters. The van der Waals surface area contributed by atoms with Gasteiger partial charge in [-0.1, -0.05) is 34.1 Å². The van der Waals surface area contributed by atoms with Gasteiger partial charge in [0.1, 0.15) is 0 Å². The predicted octanol–water partition coefficient (Wildman–Crippen LogP) is 2.80. The summed E-state index contributed by atoms with van der Waals surface area (Å²) in [6.45, 7) is 2.18. The molecule has 31 heavy (non-hydrogen) atoms. The van der Waals surface area contributed by atoms with E-state index in [9.17, 15) is 18.0 Å². The molecular formula is C21H20BrN3O5S. The van der Waals surface area contributed by atoms with E-state index in [1.54, 1.807) is 36.4 Å². The molecule has 8 nitrogen and oxygen atoms in total. The van der Waals surface area contributed by atoms with E-state index >= 15 is 0 Å². The summed E-state index contributed by atoms with van der Waals surface area (Å²) < 4.78 is 28.0. The molecule has 0 radical (unpaired) electrons. The predicted molar refractivity (Wildman–Crippen MR) is 120 cm³/mol. The fourth-order valence-electron chi connectivity index (χ4n) is 3.71. The van der Waals surface area contributed by atoms with E-state index in [0.29, 0.717) is 49.1 Å². The molecule has 1 N–H and O–H groups in total. The van der Waals surface area contributed by atoms with Crippen LogP contribution in [0, 0.1) is 0 Å². The number of amides is 1.